The molecule has 0 aromatic rings. The topological polar surface area (TPSA) is 3.24 Å². The molecule has 0 heterocycles. The molecular formula is C16H27N. The van der Waals surface area contributed by atoms with Crippen molar-refractivity contribution in [1.29, 1.82) is 0 Å². The Balaban J connectivity index is 1.59. The van der Waals surface area contributed by atoms with Crippen molar-refractivity contribution in [2.24, 2.45) is 17.8 Å². The van der Waals surface area contributed by atoms with Gasteiger partial charge in [0.25, 0.3) is 0 Å². The molecule has 5 aliphatic carbocycles. The van der Waals surface area contributed by atoms with Gasteiger partial charge in [0.2, 0.25) is 0 Å². The minimum atomic E-state index is 0.657. The normalized spacial score (nSPS) is 49.4. The van der Waals surface area contributed by atoms with E-state index < -0.39 is 0 Å². The van der Waals surface area contributed by atoms with E-state index in [-0.39, 0.29) is 0 Å². The van der Waals surface area contributed by atoms with Crippen LogP contribution >= 0.6 is 0 Å². The second-order valence-corrected chi connectivity index (χ2v) is 7.69. The average molecular weight is 233 g/mol. The number of nitrogens with zero attached hydrogens (tertiary/aromatic N) is 1. The van der Waals surface area contributed by atoms with Crippen molar-refractivity contribution in [1.82, 2.24) is 4.90 Å². The first-order chi connectivity index (χ1) is 8.25. The highest BCUT2D eigenvalue weighted by Gasteiger charge is 2.53. The highest BCUT2D eigenvalue weighted by molar-refractivity contribution is 5.08. The molecule has 1 heteroatoms. The fourth-order valence-corrected chi connectivity index (χ4v) is 6.18. The molecule has 5 aliphatic rings. The Morgan fingerprint density at radius 1 is 0.824 bits per heavy atom. The number of hydrogen-bond acceptors (Lipinski definition) is 1. The van der Waals surface area contributed by atoms with Crippen LogP contribution in [0.25, 0.3) is 0 Å². The van der Waals surface area contributed by atoms with Crippen LogP contribution in [0.3, 0.4) is 0 Å². The molecule has 4 bridgehead atoms. The molecule has 0 aromatic carbocycles. The maximum Gasteiger partial charge on any atom is 0.0217 e. The Labute approximate surface area is 106 Å². The van der Waals surface area contributed by atoms with Crippen LogP contribution < -0.4 is 0 Å². The third-order valence-electron chi connectivity index (χ3n) is 6.63. The van der Waals surface area contributed by atoms with E-state index in [4.69, 9.17) is 0 Å². The summed E-state index contributed by atoms with van der Waals surface area (Å²) in [6.45, 7) is 0. The molecule has 0 N–H and O–H groups in total. The zero-order valence-electron chi connectivity index (χ0n) is 11.3. The fourth-order valence-electron chi connectivity index (χ4n) is 6.18. The van der Waals surface area contributed by atoms with Crippen molar-refractivity contribution in [3.05, 3.63) is 0 Å². The van der Waals surface area contributed by atoms with E-state index in [0.29, 0.717) is 5.54 Å². The van der Waals surface area contributed by atoms with Crippen LogP contribution in [0.15, 0.2) is 0 Å². The molecule has 5 fully saturated rings. The smallest absolute Gasteiger partial charge is 0.0217 e. The molecular weight excluding hydrogens is 206 g/mol. The summed E-state index contributed by atoms with van der Waals surface area (Å²) >= 11 is 0. The van der Waals surface area contributed by atoms with E-state index in [1.54, 1.807) is 38.5 Å². The van der Waals surface area contributed by atoms with Crippen molar-refractivity contribution in [2.75, 3.05) is 7.05 Å². The van der Waals surface area contributed by atoms with Gasteiger partial charge in [-0.25, -0.2) is 0 Å². The summed E-state index contributed by atoms with van der Waals surface area (Å²) in [6, 6.07) is 0.936. The summed E-state index contributed by atoms with van der Waals surface area (Å²) in [7, 11) is 2.48. The van der Waals surface area contributed by atoms with Crippen molar-refractivity contribution in [3.63, 3.8) is 0 Å². The van der Waals surface area contributed by atoms with Crippen LogP contribution in [0, 0.1) is 17.8 Å². The van der Waals surface area contributed by atoms with Crippen LogP contribution in [0.4, 0.5) is 0 Å². The first-order valence-corrected chi connectivity index (χ1v) is 7.98. The lowest BCUT2D eigenvalue weighted by atomic mass is 9.52. The lowest BCUT2D eigenvalue weighted by Gasteiger charge is -2.61. The van der Waals surface area contributed by atoms with Gasteiger partial charge in [0, 0.05) is 11.6 Å². The highest BCUT2D eigenvalue weighted by Crippen LogP contribution is 2.58. The van der Waals surface area contributed by atoms with Gasteiger partial charge in [-0.05, 0) is 76.2 Å². The monoisotopic (exact) mass is 233 g/mol. The minimum Gasteiger partial charge on any atom is -0.298 e. The largest absolute Gasteiger partial charge is 0.298 e. The van der Waals surface area contributed by atoms with E-state index in [0.717, 1.165) is 23.8 Å². The van der Waals surface area contributed by atoms with Gasteiger partial charge in [0.05, 0.1) is 0 Å². The number of hydrogen-bond donors (Lipinski definition) is 0. The lowest BCUT2D eigenvalue weighted by Crippen LogP contribution is -2.60. The molecule has 96 valence electrons. The van der Waals surface area contributed by atoms with Gasteiger partial charge in [-0.2, -0.15) is 0 Å². The van der Waals surface area contributed by atoms with Gasteiger partial charge in [0.1, 0.15) is 0 Å². The third kappa shape index (κ3) is 1.61. The molecule has 5 rings (SSSR count). The highest BCUT2D eigenvalue weighted by atomic mass is 15.2. The molecule has 0 unspecified atom stereocenters. The summed E-state index contributed by atoms with van der Waals surface area (Å²) in [6.07, 6.45) is 15.3. The van der Waals surface area contributed by atoms with Gasteiger partial charge in [-0.3, -0.25) is 4.90 Å². The first-order valence-electron chi connectivity index (χ1n) is 7.98. The van der Waals surface area contributed by atoms with Crippen molar-refractivity contribution in [2.45, 2.75) is 75.8 Å². The van der Waals surface area contributed by atoms with E-state index in [2.05, 4.69) is 11.9 Å². The van der Waals surface area contributed by atoms with E-state index in [1.807, 2.05) is 0 Å². The zero-order valence-corrected chi connectivity index (χ0v) is 11.3. The predicted octanol–water partition coefficient (Wildman–Crippen LogP) is 3.83. The Morgan fingerprint density at radius 2 is 1.29 bits per heavy atom. The standard InChI is InChI=1S/C16H27N/c1-17(15-4-2-3-5-15)16-9-12-6-13(10-16)8-14(7-12)11-16/h12-15H,2-11H2,1H3. The van der Waals surface area contributed by atoms with Gasteiger partial charge in [-0.15, -0.1) is 0 Å². The Kier molecular flexibility index (Phi) is 2.38. The van der Waals surface area contributed by atoms with Crippen LogP contribution in [0.5, 0.6) is 0 Å². The van der Waals surface area contributed by atoms with Crippen molar-refractivity contribution in [3.8, 4) is 0 Å². The second kappa shape index (κ2) is 3.73. The summed E-state index contributed by atoms with van der Waals surface area (Å²) in [4.78, 5) is 2.88. The maximum absolute atomic E-state index is 2.88. The minimum absolute atomic E-state index is 0.657. The Morgan fingerprint density at radius 3 is 1.76 bits per heavy atom. The van der Waals surface area contributed by atoms with E-state index >= 15 is 0 Å². The predicted molar refractivity (Wildman–Crippen MR) is 70.9 cm³/mol. The lowest BCUT2D eigenvalue weighted by molar-refractivity contribution is -0.0927. The number of rotatable bonds is 2. The van der Waals surface area contributed by atoms with Crippen LogP contribution in [-0.4, -0.2) is 23.5 Å². The van der Waals surface area contributed by atoms with Crippen LogP contribution in [-0.2, 0) is 0 Å². The van der Waals surface area contributed by atoms with Crippen LogP contribution in [0.2, 0.25) is 0 Å². The van der Waals surface area contributed by atoms with Crippen molar-refractivity contribution >= 4 is 0 Å². The molecule has 17 heavy (non-hydrogen) atoms. The van der Waals surface area contributed by atoms with Gasteiger partial charge < -0.3 is 0 Å². The van der Waals surface area contributed by atoms with E-state index in [1.165, 1.54) is 25.7 Å². The van der Waals surface area contributed by atoms with E-state index in [9.17, 15) is 0 Å². The molecule has 0 aliphatic heterocycles. The Hall–Kier alpha value is -0.0400. The first kappa shape index (κ1) is 10.8. The quantitative estimate of drug-likeness (QED) is 0.700. The average Bonchev–Trinajstić information content (AvgIpc) is 2.79. The molecule has 0 amide bonds. The fraction of sp³-hybridized carbons (Fsp3) is 1.00. The second-order valence-electron chi connectivity index (χ2n) is 7.69. The van der Waals surface area contributed by atoms with Gasteiger partial charge >= 0.3 is 0 Å². The molecule has 1 nitrogen and oxygen atoms in total. The molecule has 0 saturated heterocycles. The third-order valence-corrected chi connectivity index (χ3v) is 6.63. The molecule has 0 radical (unpaired) electrons. The Bertz CT molecular complexity index is 267. The van der Waals surface area contributed by atoms with Gasteiger partial charge in [0.15, 0.2) is 0 Å². The summed E-state index contributed by atoms with van der Waals surface area (Å²) in [5, 5.41) is 0. The molecule has 0 spiro atoms. The maximum atomic E-state index is 2.88. The van der Waals surface area contributed by atoms with Crippen molar-refractivity contribution < 1.29 is 0 Å². The molecule has 0 aromatic heterocycles. The van der Waals surface area contributed by atoms with Gasteiger partial charge in [-0.1, -0.05) is 12.8 Å². The summed E-state index contributed by atoms with van der Waals surface area (Å²) in [5.41, 5.74) is 0.657. The zero-order chi connectivity index (χ0) is 11.5. The van der Waals surface area contributed by atoms with Crippen LogP contribution in [0.1, 0.15) is 64.2 Å². The summed E-state index contributed by atoms with van der Waals surface area (Å²) < 4.78 is 0. The SMILES string of the molecule is CN(C1CCCC1)C12CC3CC(CC(C3)C1)C2. The molecule has 0 atom stereocenters. The molecule has 5 saturated carbocycles. The summed E-state index contributed by atoms with van der Waals surface area (Å²) in [5.74, 6) is 3.31.